The first-order valence-electron chi connectivity index (χ1n) is 6.16. The summed E-state index contributed by atoms with van der Waals surface area (Å²) in [6.45, 7) is 5.27. The van der Waals surface area contributed by atoms with Crippen molar-refractivity contribution in [3.63, 3.8) is 0 Å². The van der Waals surface area contributed by atoms with Crippen LogP contribution in [0.1, 0.15) is 11.9 Å². The van der Waals surface area contributed by atoms with Gasteiger partial charge in [0.15, 0.2) is 5.01 Å². The predicted octanol–water partition coefficient (Wildman–Crippen LogP) is 2.10. The van der Waals surface area contributed by atoms with E-state index >= 15 is 0 Å². The molecule has 0 bridgehead atoms. The summed E-state index contributed by atoms with van der Waals surface area (Å²) in [7, 11) is 0. The number of halogens is 1. The summed E-state index contributed by atoms with van der Waals surface area (Å²) >= 11 is 1.19. The number of carbonyl (C=O) groups excluding carboxylic acids is 1. The van der Waals surface area contributed by atoms with E-state index in [1.165, 1.54) is 23.6 Å². The van der Waals surface area contributed by atoms with Gasteiger partial charge in [-0.05, 0) is 19.1 Å². The minimum absolute atomic E-state index is 0.0859. The zero-order valence-electron chi connectivity index (χ0n) is 11.7. The molecule has 0 saturated carbocycles. The largest absolute Gasteiger partial charge is 0.364 e. The maximum absolute atomic E-state index is 13.2. The highest BCUT2D eigenvalue weighted by atomic mass is 32.1. The number of allylic oxidation sites excluding steroid dienone is 2. The summed E-state index contributed by atoms with van der Waals surface area (Å²) in [6.07, 6.45) is 5.98. The predicted molar refractivity (Wildman–Crippen MR) is 82.8 cm³/mol. The van der Waals surface area contributed by atoms with Gasteiger partial charge in [0.2, 0.25) is 0 Å². The fourth-order valence-corrected chi connectivity index (χ4v) is 2.28. The number of amides is 1. The Labute approximate surface area is 129 Å². The minimum atomic E-state index is -0.721. The van der Waals surface area contributed by atoms with E-state index in [2.05, 4.69) is 26.8 Å². The molecule has 2 rings (SSSR count). The molecular formula is C14H12FN5OS. The van der Waals surface area contributed by atoms with Crippen LogP contribution < -0.4 is 5.73 Å². The molecule has 0 saturated heterocycles. The number of hydrogen-bond acceptors (Lipinski definition) is 6. The Balaban J connectivity index is 2.39. The summed E-state index contributed by atoms with van der Waals surface area (Å²) in [5.74, 6) is -1.18. The molecule has 0 aliphatic rings. The zero-order valence-corrected chi connectivity index (χ0v) is 12.5. The van der Waals surface area contributed by atoms with Crippen LogP contribution in [0.2, 0.25) is 0 Å². The van der Waals surface area contributed by atoms with E-state index in [9.17, 15) is 9.18 Å². The highest BCUT2D eigenvalue weighted by Gasteiger charge is 2.12. The van der Waals surface area contributed by atoms with Gasteiger partial charge in [0.25, 0.3) is 5.91 Å². The van der Waals surface area contributed by atoms with E-state index < -0.39 is 11.7 Å². The fourth-order valence-electron chi connectivity index (χ4n) is 1.49. The Hall–Kier alpha value is -2.74. The molecule has 2 N–H and O–H groups in total. The van der Waals surface area contributed by atoms with E-state index in [1.54, 1.807) is 19.1 Å². The molecule has 2 heterocycles. The van der Waals surface area contributed by atoms with Crippen LogP contribution in [0.3, 0.4) is 0 Å². The van der Waals surface area contributed by atoms with Gasteiger partial charge in [-0.1, -0.05) is 24.0 Å². The van der Waals surface area contributed by atoms with Crippen molar-refractivity contribution in [2.24, 2.45) is 10.7 Å². The summed E-state index contributed by atoms with van der Waals surface area (Å²) in [5.41, 5.74) is 5.95. The molecule has 6 nitrogen and oxygen atoms in total. The third-order valence-electron chi connectivity index (χ3n) is 2.46. The Morgan fingerprint density at radius 3 is 2.86 bits per heavy atom. The molecule has 0 unspecified atom stereocenters. The smallest absolute Gasteiger partial charge is 0.266 e. The van der Waals surface area contributed by atoms with E-state index in [0.717, 1.165) is 6.20 Å². The number of hydrogen-bond donors (Lipinski definition) is 1. The molecule has 22 heavy (non-hydrogen) atoms. The lowest BCUT2D eigenvalue weighted by atomic mass is 10.3. The summed E-state index contributed by atoms with van der Waals surface area (Å²) < 4.78 is 13.2. The zero-order chi connectivity index (χ0) is 16.1. The Bertz CT molecular complexity index is 781. The Morgan fingerprint density at radius 2 is 2.23 bits per heavy atom. The number of nitrogens with zero attached hydrogens (tertiary/aromatic N) is 4. The van der Waals surface area contributed by atoms with Crippen molar-refractivity contribution in [3.8, 4) is 10.6 Å². The summed E-state index contributed by atoms with van der Waals surface area (Å²) in [5, 5.41) is 8.93. The monoisotopic (exact) mass is 317 g/mol. The second-order valence-electron chi connectivity index (χ2n) is 4.11. The molecule has 1 amide bonds. The van der Waals surface area contributed by atoms with Gasteiger partial charge >= 0.3 is 0 Å². The normalized spacial score (nSPS) is 11.8. The first kappa shape index (κ1) is 15.6. The van der Waals surface area contributed by atoms with Crippen LogP contribution in [0, 0.1) is 5.82 Å². The van der Waals surface area contributed by atoms with Crippen LogP contribution in [0.25, 0.3) is 10.6 Å². The average Bonchev–Trinajstić information content (AvgIpc) is 2.96. The van der Waals surface area contributed by atoms with Crippen molar-refractivity contribution in [3.05, 3.63) is 53.7 Å². The van der Waals surface area contributed by atoms with Gasteiger partial charge in [-0.15, -0.1) is 10.2 Å². The van der Waals surface area contributed by atoms with Crippen molar-refractivity contribution in [2.45, 2.75) is 6.92 Å². The molecule has 8 heteroatoms. The van der Waals surface area contributed by atoms with E-state index in [0.29, 0.717) is 21.3 Å². The third-order valence-corrected chi connectivity index (χ3v) is 3.46. The quantitative estimate of drug-likeness (QED) is 0.675. The second-order valence-corrected chi connectivity index (χ2v) is 5.09. The first-order valence-corrected chi connectivity index (χ1v) is 6.97. The maximum atomic E-state index is 13.2. The minimum Gasteiger partial charge on any atom is -0.364 e. The molecule has 0 aliphatic carbocycles. The van der Waals surface area contributed by atoms with Gasteiger partial charge < -0.3 is 5.73 Å². The molecule has 0 atom stereocenters. The molecule has 0 aliphatic heterocycles. The van der Waals surface area contributed by atoms with Crippen molar-refractivity contribution < 1.29 is 9.18 Å². The Kier molecular flexibility index (Phi) is 4.84. The van der Waals surface area contributed by atoms with Crippen LogP contribution in [0.4, 0.5) is 4.39 Å². The Morgan fingerprint density at radius 1 is 1.45 bits per heavy atom. The molecule has 112 valence electrons. The molecule has 2 aromatic heterocycles. The topological polar surface area (TPSA) is 94.1 Å². The lowest BCUT2D eigenvalue weighted by molar-refractivity contribution is -0.114. The van der Waals surface area contributed by atoms with Crippen molar-refractivity contribution >= 4 is 23.0 Å². The molecule has 2 aromatic rings. The second kappa shape index (κ2) is 6.81. The SMILES string of the molecule is C=C(/N=C(\C=C/C)c1nnc(-c2cncc(F)c2)s1)C(N)=O. The van der Waals surface area contributed by atoms with Gasteiger partial charge in [0.05, 0.1) is 6.20 Å². The van der Waals surface area contributed by atoms with Gasteiger partial charge in [0.1, 0.15) is 22.2 Å². The number of primary amides is 1. The summed E-state index contributed by atoms with van der Waals surface area (Å²) in [4.78, 5) is 18.9. The third kappa shape index (κ3) is 3.67. The van der Waals surface area contributed by atoms with Gasteiger partial charge in [-0.25, -0.2) is 9.38 Å². The highest BCUT2D eigenvalue weighted by Crippen LogP contribution is 2.24. The van der Waals surface area contributed by atoms with E-state index in [4.69, 9.17) is 5.73 Å². The average molecular weight is 317 g/mol. The van der Waals surface area contributed by atoms with E-state index in [-0.39, 0.29) is 5.70 Å². The van der Waals surface area contributed by atoms with Crippen molar-refractivity contribution in [1.82, 2.24) is 15.2 Å². The van der Waals surface area contributed by atoms with Crippen LogP contribution in [0.15, 0.2) is 47.9 Å². The number of rotatable bonds is 5. The number of aliphatic imine (C=N–C) groups is 1. The molecule has 0 fully saturated rings. The van der Waals surface area contributed by atoms with Crippen molar-refractivity contribution in [2.75, 3.05) is 0 Å². The fraction of sp³-hybridized carbons (Fsp3) is 0.0714. The first-order chi connectivity index (χ1) is 10.5. The van der Waals surface area contributed by atoms with Gasteiger partial charge in [-0.2, -0.15) is 0 Å². The highest BCUT2D eigenvalue weighted by molar-refractivity contribution is 7.16. The number of aromatic nitrogens is 3. The van der Waals surface area contributed by atoms with E-state index in [1.807, 2.05) is 0 Å². The van der Waals surface area contributed by atoms with Crippen LogP contribution in [-0.2, 0) is 4.79 Å². The molecule has 0 spiro atoms. The molecule has 0 radical (unpaired) electrons. The molecule has 0 aromatic carbocycles. The lowest BCUT2D eigenvalue weighted by Gasteiger charge is -1.97. The van der Waals surface area contributed by atoms with Gasteiger partial charge in [-0.3, -0.25) is 9.78 Å². The standard InChI is InChI=1S/C14H12FN5OS/c1-3-4-11(18-8(2)12(16)21)14-20-19-13(22-14)9-5-10(15)7-17-6-9/h3-7H,2H2,1H3,(H2,16,21)/b4-3-,18-11+. The maximum Gasteiger partial charge on any atom is 0.266 e. The number of pyridine rings is 1. The lowest BCUT2D eigenvalue weighted by Crippen LogP contribution is -2.13. The number of carbonyl (C=O) groups is 1. The van der Waals surface area contributed by atoms with Crippen LogP contribution in [-0.4, -0.2) is 26.8 Å². The number of nitrogens with two attached hydrogens (primary N) is 1. The van der Waals surface area contributed by atoms with Crippen LogP contribution >= 0.6 is 11.3 Å². The van der Waals surface area contributed by atoms with Crippen LogP contribution in [0.5, 0.6) is 0 Å². The molecular weight excluding hydrogens is 305 g/mol. The summed E-state index contributed by atoms with van der Waals surface area (Å²) in [6, 6.07) is 1.31. The van der Waals surface area contributed by atoms with Gasteiger partial charge in [0, 0.05) is 11.8 Å². The van der Waals surface area contributed by atoms with Crippen molar-refractivity contribution in [1.29, 1.82) is 0 Å².